The SMILES string of the molecule is CCOc1ccc(Nc2nc(Nc3ccc(C)c(C)c3)nc3c2C(=O)CC(C)(C)C3)cc1. The normalized spacial score (nSPS) is 14.6. The lowest BCUT2D eigenvalue weighted by molar-refractivity contribution is 0.0911. The average Bonchev–Trinajstić information content (AvgIpc) is 2.71. The van der Waals surface area contributed by atoms with E-state index in [0.29, 0.717) is 30.4 Å². The summed E-state index contributed by atoms with van der Waals surface area (Å²) < 4.78 is 5.53. The first-order valence-corrected chi connectivity index (χ1v) is 11.0. The van der Waals surface area contributed by atoms with Crippen molar-refractivity contribution in [1.82, 2.24) is 9.97 Å². The fourth-order valence-corrected chi connectivity index (χ4v) is 4.00. The van der Waals surface area contributed by atoms with Crippen LogP contribution in [0.25, 0.3) is 0 Å². The van der Waals surface area contributed by atoms with Crippen LogP contribution in [0.5, 0.6) is 5.75 Å². The van der Waals surface area contributed by atoms with Crippen LogP contribution in [0, 0.1) is 19.3 Å². The minimum absolute atomic E-state index is 0.0717. The zero-order valence-corrected chi connectivity index (χ0v) is 19.4. The first-order valence-electron chi connectivity index (χ1n) is 11.0. The van der Waals surface area contributed by atoms with E-state index in [0.717, 1.165) is 29.2 Å². The van der Waals surface area contributed by atoms with E-state index in [1.807, 2.05) is 37.3 Å². The molecule has 0 aliphatic heterocycles. The predicted molar refractivity (Wildman–Crippen MR) is 129 cm³/mol. The van der Waals surface area contributed by atoms with Crippen molar-refractivity contribution in [2.45, 2.75) is 47.5 Å². The topological polar surface area (TPSA) is 76.1 Å². The summed E-state index contributed by atoms with van der Waals surface area (Å²) in [5, 5.41) is 6.66. The van der Waals surface area contributed by atoms with Gasteiger partial charge in [0.2, 0.25) is 5.95 Å². The lowest BCUT2D eigenvalue weighted by Crippen LogP contribution is -2.29. The third-order valence-corrected chi connectivity index (χ3v) is 5.74. The molecular formula is C26H30N4O2. The molecule has 6 nitrogen and oxygen atoms in total. The first kappa shape index (κ1) is 21.8. The van der Waals surface area contributed by atoms with E-state index in [1.54, 1.807) is 0 Å². The van der Waals surface area contributed by atoms with E-state index in [2.05, 4.69) is 50.5 Å². The van der Waals surface area contributed by atoms with E-state index in [9.17, 15) is 4.79 Å². The summed E-state index contributed by atoms with van der Waals surface area (Å²) in [7, 11) is 0. The Hall–Kier alpha value is -3.41. The van der Waals surface area contributed by atoms with Crippen molar-refractivity contribution in [3.63, 3.8) is 0 Å². The molecule has 2 N–H and O–H groups in total. The van der Waals surface area contributed by atoms with Crippen molar-refractivity contribution in [2.75, 3.05) is 17.2 Å². The van der Waals surface area contributed by atoms with Gasteiger partial charge >= 0.3 is 0 Å². The Morgan fingerprint density at radius 1 is 0.938 bits per heavy atom. The Bertz CT molecular complexity index is 1150. The summed E-state index contributed by atoms with van der Waals surface area (Å²) in [6.07, 6.45) is 1.20. The zero-order chi connectivity index (χ0) is 22.9. The van der Waals surface area contributed by atoms with Crippen molar-refractivity contribution >= 4 is 28.9 Å². The second-order valence-electron chi connectivity index (χ2n) is 9.16. The van der Waals surface area contributed by atoms with Crippen LogP contribution in [0.4, 0.5) is 23.1 Å². The van der Waals surface area contributed by atoms with Gasteiger partial charge in [-0.1, -0.05) is 19.9 Å². The van der Waals surface area contributed by atoms with Gasteiger partial charge in [-0.05, 0) is 80.1 Å². The lowest BCUT2D eigenvalue weighted by Gasteiger charge is -2.30. The number of carbonyl (C=O) groups excluding carboxylic acids is 1. The van der Waals surface area contributed by atoms with Crippen LogP contribution in [-0.4, -0.2) is 22.4 Å². The highest BCUT2D eigenvalue weighted by Gasteiger charge is 2.35. The molecule has 32 heavy (non-hydrogen) atoms. The van der Waals surface area contributed by atoms with Crippen LogP contribution in [0.1, 0.15) is 54.4 Å². The molecule has 0 radical (unpaired) electrons. The number of rotatable bonds is 6. The monoisotopic (exact) mass is 430 g/mol. The second-order valence-corrected chi connectivity index (χ2v) is 9.16. The molecule has 2 aromatic carbocycles. The maximum atomic E-state index is 13.0. The number of hydrogen-bond acceptors (Lipinski definition) is 6. The van der Waals surface area contributed by atoms with Crippen LogP contribution >= 0.6 is 0 Å². The highest BCUT2D eigenvalue weighted by molar-refractivity contribution is 6.03. The number of Topliss-reactive ketones (excluding diaryl/α,β-unsaturated/α-hetero) is 1. The molecule has 1 aliphatic carbocycles. The molecule has 0 spiro atoms. The number of nitrogens with zero attached hydrogens (tertiary/aromatic N) is 2. The van der Waals surface area contributed by atoms with Gasteiger partial charge in [0.05, 0.1) is 17.9 Å². The van der Waals surface area contributed by atoms with E-state index < -0.39 is 0 Å². The van der Waals surface area contributed by atoms with Crippen LogP contribution in [0.2, 0.25) is 0 Å². The Morgan fingerprint density at radius 2 is 1.66 bits per heavy atom. The maximum Gasteiger partial charge on any atom is 0.229 e. The summed E-state index contributed by atoms with van der Waals surface area (Å²) in [5.41, 5.74) is 5.41. The number of fused-ring (bicyclic) bond motifs is 1. The zero-order valence-electron chi connectivity index (χ0n) is 19.4. The van der Waals surface area contributed by atoms with Gasteiger partial charge in [0.1, 0.15) is 11.6 Å². The number of ether oxygens (including phenoxy) is 1. The number of carbonyl (C=O) groups is 1. The molecule has 0 atom stereocenters. The summed E-state index contributed by atoms with van der Waals surface area (Å²) >= 11 is 0. The smallest absolute Gasteiger partial charge is 0.229 e. The van der Waals surface area contributed by atoms with Gasteiger partial charge in [0, 0.05) is 17.8 Å². The predicted octanol–water partition coefficient (Wildman–Crippen LogP) is 6.13. The summed E-state index contributed by atoms with van der Waals surface area (Å²) in [4.78, 5) is 22.5. The van der Waals surface area contributed by atoms with E-state index in [1.165, 1.54) is 11.1 Å². The maximum absolute atomic E-state index is 13.0. The lowest BCUT2D eigenvalue weighted by atomic mass is 9.75. The van der Waals surface area contributed by atoms with Gasteiger partial charge in [0.25, 0.3) is 0 Å². The molecule has 6 heteroatoms. The largest absolute Gasteiger partial charge is 0.494 e. The quantitative estimate of drug-likeness (QED) is 0.490. The third-order valence-electron chi connectivity index (χ3n) is 5.74. The standard InChI is InChI=1S/C26H30N4O2/c1-6-32-20-11-9-18(10-12-20)27-24-23-21(14-26(4,5)15-22(23)31)29-25(30-24)28-19-8-7-16(2)17(3)13-19/h7-13H,6,14-15H2,1-5H3,(H2,27,28,29,30). The van der Waals surface area contributed by atoms with E-state index in [4.69, 9.17) is 14.7 Å². The molecule has 1 heterocycles. The number of benzene rings is 2. The van der Waals surface area contributed by atoms with Crippen molar-refractivity contribution in [2.24, 2.45) is 5.41 Å². The van der Waals surface area contributed by atoms with Gasteiger partial charge in [-0.2, -0.15) is 4.98 Å². The van der Waals surface area contributed by atoms with E-state index >= 15 is 0 Å². The Balaban J connectivity index is 1.72. The molecule has 0 fully saturated rings. The molecule has 0 unspecified atom stereocenters. The highest BCUT2D eigenvalue weighted by atomic mass is 16.5. The van der Waals surface area contributed by atoms with Crippen LogP contribution in [0.15, 0.2) is 42.5 Å². The van der Waals surface area contributed by atoms with Gasteiger partial charge in [-0.3, -0.25) is 4.79 Å². The van der Waals surface area contributed by atoms with Crippen molar-refractivity contribution in [1.29, 1.82) is 0 Å². The molecule has 0 bridgehead atoms. The molecule has 4 rings (SSSR count). The van der Waals surface area contributed by atoms with E-state index in [-0.39, 0.29) is 11.2 Å². The average molecular weight is 431 g/mol. The molecule has 166 valence electrons. The van der Waals surface area contributed by atoms with Crippen LogP contribution in [-0.2, 0) is 6.42 Å². The second kappa shape index (κ2) is 8.61. The summed E-state index contributed by atoms with van der Waals surface area (Å²) in [6, 6.07) is 13.8. The molecule has 3 aromatic rings. The van der Waals surface area contributed by atoms with Crippen molar-refractivity contribution < 1.29 is 9.53 Å². The fourth-order valence-electron chi connectivity index (χ4n) is 4.00. The minimum atomic E-state index is -0.132. The molecular weight excluding hydrogens is 400 g/mol. The van der Waals surface area contributed by atoms with Gasteiger partial charge in [0.15, 0.2) is 5.78 Å². The Kier molecular flexibility index (Phi) is 5.87. The molecule has 0 saturated heterocycles. The van der Waals surface area contributed by atoms with Gasteiger partial charge in [-0.15, -0.1) is 0 Å². The number of aromatic nitrogens is 2. The molecule has 1 aliphatic rings. The van der Waals surface area contributed by atoms with Crippen LogP contribution < -0.4 is 15.4 Å². The fraction of sp³-hybridized carbons (Fsp3) is 0.346. The minimum Gasteiger partial charge on any atom is -0.494 e. The number of nitrogens with one attached hydrogen (secondary N) is 2. The molecule has 0 amide bonds. The Morgan fingerprint density at radius 3 is 2.34 bits per heavy atom. The van der Waals surface area contributed by atoms with Gasteiger partial charge < -0.3 is 15.4 Å². The molecule has 0 saturated carbocycles. The molecule has 1 aromatic heterocycles. The number of anilines is 4. The number of hydrogen-bond donors (Lipinski definition) is 2. The Labute approximate surface area is 189 Å². The third kappa shape index (κ3) is 4.74. The van der Waals surface area contributed by atoms with Crippen LogP contribution in [0.3, 0.4) is 0 Å². The summed E-state index contributed by atoms with van der Waals surface area (Å²) in [6.45, 7) is 10.9. The first-order chi connectivity index (χ1) is 15.2. The number of aryl methyl sites for hydroxylation is 2. The highest BCUT2D eigenvalue weighted by Crippen LogP contribution is 2.38. The van der Waals surface area contributed by atoms with Crippen molar-refractivity contribution in [3.05, 3.63) is 64.8 Å². The summed E-state index contributed by atoms with van der Waals surface area (Å²) in [5.74, 6) is 1.89. The van der Waals surface area contributed by atoms with Crippen molar-refractivity contribution in [3.8, 4) is 5.75 Å². The van der Waals surface area contributed by atoms with Gasteiger partial charge in [-0.25, -0.2) is 4.98 Å². The number of ketones is 1.